The Kier molecular flexibility index (Phi) is 4.11. The summed E-state index contributed by atoms with van der Waals surface area (Å²) in [5.41, 5.74) is 2.64. The molecule has 0 aromatic carbocycles. The number of nitrogen functional groups attached to an aromatic ring is 1. The van der Waals surface area contributed by atoms with E-state index >= 15 is 0 Å². The average Bonchev–Trinajstić information content (AvgIpc) is 2.80. The summed E-state index contributed by atoms with van der Waals surface area (Å²) in [6.45, 7) is 6.66. The Labute approximate surface area is 110 Å². The summed E-state index contributed by atoms with van der Waals surface area (Å²) in [6.07, 6.45) is 0.861. The molecule has 0 aliphatic heterocycles. The first-order chi connectivity index (χ1) is 8.69. The molecule has 2 rings (SSSR count). The van der Waals surface area contributed by atoms with Gasteiger partial charge in [-0.25, -0.2) is 15.8 Å². The van der Waals surface area contributed by atoms with Crippen molar-refractivity contribution in [2.24, 2.45) is 5.84 Å². The summed E-state index contributed by atoms with van der Waals surface area (Å²) in [5.74, 6) is 6.87. The fourth-order valence-electron chi connectivity index (χ4n) is 1.78. The standard InChI is InChI=1S/C12H18N4OS/c1-4-8-6-9-11(16-13)14-10(7(3)17-5-2)15-12(9)18-8/h6-7H,4-5,13H2,1-3H3,(H,14,15,16). The van der Waals surface area contributed by atoms with Crippen molar-refractivity contribution in [3.63, 3.8) is 0 Å². The molecule has 2 heterocycles. The third-order valence-corrected chi connectivity index (χ3v) is 3.90. The molecule has 2 aromatic rings. The third kappa shape index (κ3) is 2.45. The minimum absolute atomic E-state index is 0.126. The van der Waals surface area contributed by atoms with Crippen LogP contribution >= 0.6 is 11.3 Å². The number of thiophene rings is 1. The third-order valence-electron chi connectivity index (χ3n) is 2.73. The topological polar surface area (TPSA) is 73.1 Å². The van der Waals surface area contributed by atoms with E-state index in [1.165, 1.54) is 4.88 Å². The first-order valence-corrected chi connectivity index (χ1v) is 6.89. The zero-order chi connectivity index (χ0) is 13.1. The van der Waals surface area contributed by atoms with Gasteiger partial charge >= 0.3 is 0 Å². The van der Waals surface area contributed by atoms with Crippen LogP contribution in [0.5, 0.6) is 0 Å². The molecule has 0 bridgehead atoms. The van der Waals surface area contributed by atoms with Crippen LogP contribution in [0.1, 0.15) is 37.6 Å². The van der Waals surface area contributed by atoms with Crippen LogP contribution in [0.25, 0.3) is 10.2 Å². The van der Waals surface area contributed by atoms with E-state index in [1.54, 1.807) is 11.3 Å². The largest absolute Gasteiger partial charge is 0.371 e. The molecule has 0 amide bonds. The maximum absolute atomic E-state index is 5.53. The van der Waals surface area contributed by atoms with Crippen LogP contribution in [0, 0.1) is 0 Å². The molecule has 0 aliphatic rings. The number of hydrazine groups is 1. The number of nitrogens with one attached hydrogen (secondary N) is 1. The molecule has 0 aliphatic carbocycles. The van der Waals surface area contributed by atoms with E-state index in [0.717, 1.165) is 16.6 Å². The molecule has 5 nitrogen and oxygen atoms in total. The number of hydrogen-bond acceptors (Lipinski definition) is 6. The molecule has 6 heteroatoms. The molecule has 3 N–H and O–H groups in total. The van der Waals surface area contributed by atoms with Crippen molar-refractivity contribution in [3.8, 4) is 0 Å². The number of nitrogens with zero attached hydrogens (tertiary/aromatic N) is 2. The zero-order valence-corrected chi connectivity index (χ0v) is 11.7. The quantitative estimate of drug-likeness (QED) is 0.643. The van der Waals surface area contributed by atoms with Gasteiger partial charge in [-0.2, -0.15) is 0 Å². The van der Waals surface area contributed by atoms with Crippen LogP contribution in [-0.2, 0) is 11.2 Å². The molecule has 0 saturated carbocycles. The highest BCUT2D eigenvalue weighted by Crippen LogP contribution is 2.30. The summed E-state index contributed by atoms with van der Waals surface area (Å²) in [5, 5.41) is 0.979. The number of hydrogen-bond donors (Lipinski definition) is 2. The van der Waals surface area contributed by atoms with Gasteiger partial charge in [0.05, 0.1) is 5.39 Å². The van der Waals surface area contributed by atoms with Gasteiger partial charge in [-0.1, -0.05) is 6.92 Å². The van der Waals surface area contributed by atoms with Crippen molar-refractivity contribution in [2.45, 2.75) is 33.3 Å². The maximum atomic E-state index is 5.53. The number of rotatable bonds is 5. The predicted octanol–water partition coefficient (Wildman–Crippen LogP) is 2.64. The fraction of sp³-hybridized carbons (Fsp3) is 0.500. The minimum atomic E-state index is -0.126. The molecule has 2 aromatic heterocycles. The molecule has 0 spiro atoms. The number of aryl methyl sites for hydroxylation is 1. The highest BCUT2D eigenvalue weighted by atomic mass is 32.1. The lowest BCUT2D eigenvalue weighted by Gasteiger charge is -2.11. The highest BCUT2D eigenvalue weighted by molar-refractivity contribution is 7.18. The molecule has 0 radical (unpaired) electrons. The second-order valence-corrected chi connectivity index (χ2v) is 5.07. The predicted molar refractivity (Wildman–Crippen MR) is 74.6 cm³/mol. The molecule has 0 saturated heterocycles. The van der Waals surface area contributed by atoms with Gasteiger partial charge in [-0.3, -0.25) is 0 Å². The molecule has 0 fully saturated rings. The molecule has 1 atom stereocenters. The van der Waals surface area contributed by atoms with E-state index < -0.39 is 0 Å². The van der Waals surface area contributed by atoms with Gasteiger partial charge in [-0.15, -0.1) is 11.3 Å². The van der Waals surface area contributed by atoms with E-state index in [0.29, 0.717) is 18.2 Å². The summed E-state index contributed by atoms with van der Waals surface area (Å²) in [7, 11) is 0. The van der Waals surface area contributed by atoms with Gasteiger partial charge in [0, 0.05) is 11.5 Å². The Bertz CT molecular complexity index is 540. The van der Waals surface area contributed by atoms with Crippen LogP contribution in [-0.4, -0.2) is 16.6 Å². The Morgan fingerprint density at radius 1 is 1.44 bits per heavy atom. The van der Waals surface area contributed by atoms with E-state index in [-0.39, 0.29) is 6.10 Å². The highest BCUT2D eigenvalue weighted by Gasteiger charge is 2.15. The molecular weight excluding hydrogens is 248 g/mol. The Morgan fingerprint density at radius 2 is 2.22 bits per heavy atom. The van der Waals surface area contributed by atoms with Crippen molar-refractivity contribution in [1.29, 1.82) is 0 Å². The second kappa shape index (κ2) is 5.60. The van der Waals surface area contributed by atoms with Gasteiger partial charge in [0.15, 0.2) is 11.6 Å². The van der Waals surface area contributed by atoms with Crippen molar-refractivity contribution < 1.29 is 4.74 Å². The van der Waals surface area contributed by atoms with Crippen molar-refractivity contribution in [2.75, 3.05) is 12.0 Å². The number of ether oxygens (including phenoxy) is 1. The fourth-order valence-corrected chi connectivity index (χ4v) is 2.75. The van der Waals surface area contributed by atoms with Crippen LogP contribution in [0.2, 0.25) is 0 Å². The van der Waals surface area contributed by atoms with Crippen LogP contribution < -0.4 is 11.3 Å². The second-order valence-electron chi connectivity index (χ2n) is 3.96. The maximum Gasteiger partial charge on any atom is 0.160 e. The van der Waals surface area contributed by atoms with Crippen molar-refractivity contribution in [3.05, 3.63) is 16.8 Å². The number of nitrogens with two attached hydrogens (primary N) is 1. The normalized spacial score (nSPS) is 12.9. The van der Waals surface area contributed by atoms with Gasteiger partial charge < -0.3 is 10.2 Å². The lowest BCUT2D eigenvalue weighted by Crippen LogP contribution is -2.12. The minimum Gasteiger partial charge on any atom is -0.371 e. The molecular formula is C12H18N4OS. The molecule has 18 heavy (non-hydrogen) atoms. The van der Waals surface area contributed by atoms with Crippen LogP contribution in [0.15, 0.2) is 6.07 Å². The van der Waals surface area contributed by atoms with Gasteiger partial charge in [0.2, 0.25) is 0 Å². The lowest BCUT2D eigenvalue weighted by atomic mass is 10.3. The zero-order valence-electron chi connectivity index (χ0n) is 10.9. The van der Waals surface area contributed by atoms with E-state index in [9.17, 15) is 0 Å². The summed E-state index contributed by atoms with van der Waals surface area (Å²) >= 11 is 1.67. The van der Waals surface area contributed by atoms with E-state index in [2.05, 4.69) is 28.4 Å². The summed E-state index contributed by atoms with van der Waals surface area (Å²) < 4.78 is 5.52. The van der Waals surface area contributed by atoms with Crippen LogP contribution in [0.4, 0.5) is 5.82 Å². The lowest BCUT2D eigenvalue weighted by molar-refractivity contribution is 0.0704. The van der Waals surface area contributed by atoms with Crippen LogP contribution in [0.3, 0.4) is 0 Å². The van der Waals surface area contributed by atoms with E-state index in [4.69, 9.17) is 10.6 Å². The first kappa shape index (κ1) is 13.2. The Morgan fingerprint density at radius 3 is 2.83 bits per heavy atom. The molecule has 98 valence electrons. The Balaban J connectivity index is 2.50. The number of aromatic nitrogens is 2. The number of anilines is 1. The molecule has 1 unspecified atom stereocenters. The van der Waals surface area contributed by atoms with Gasteiger partial charge in [-0.05, 0) is 26.3 Å². The number of fused-ring (bicyclic) bond motifs is 1. The summed E-state index contributed by atoms with van der Waals surface area (Å²) in [6, 6.07) is 2.09. The first-order valence-electron chi connectivity index (χ1n) is 6.08. The van der Waals surface area contributed by atoms with E-state index in [1.807, 2.05) is 13.8 Å². The van der Waals surface area contributed by atoms with Crippen molar-refractivity contribution >= 4 is 27.4 Å². The summed E-state index contributed by atoms with van der Waals surface area (Å²) in [4.78, 5) is 11.2. The van der Waals surface area contributed by atoms with Crippen molar-refractivity contribution in [1.82, 2.24) is 9.97 Å². The smallest absolute Gasteiger partial charge is 0.160 e. The monoisotopic (exact) mass is 266 g/mol. The van der Waals surface area contributed by atoms with Gasteiger partial charge in [0.1, 0.15) is 10.9 Å². The Hall–Kier alpha value is -1.24. The average molecular weight is 266 g/mol. The van der Waals surface area contributed by atoms with Gasteiger partial charge in [0.25, 0.3) is 0 Å². The SMILES string of the molecule is CCOC(C)c1nc(NN)c2cc(CC)sc2n1.